The third-order valence-corrected chi connectivity index (χ3v) is 6.26. The molecule has 1 aromatic heterocycles. The zero-order valence-corrected chi connectivity index (χ0v) is 17.8. The molecule has 1 saturated heterocycles. The second kappa shape index (κ2) is 8.36. The summed E-state index contributed by atoms with van der Waals surface area (Å²) in [6.07, 6.45) is 4.07. The molecule has 1 atom stereocenters. The molecule has 0 aliphatic carbocycles. The van der Waals surface area contributed by atoms with Crippen LogP contribution in [0.5, 0.6) is 0 Å². The minimum absolute atomic E-state index is 0.145. The van der Waals surface area contributed by atoms with E-state index in [2.05, 4.69) is 4.98 Å². The predicted octanol–water partition coefficient (Wildman–Crippen LogP) is 3.55. The van der Waals surface area contributed by atoms with E-state index in [0.717, 1.165) is 16.4 Å². The summed E-state index contributed by atoms with van der Waals surface area (Å²) in [6.45, 7) is 0.745. The molecular weight excluding hydrogens is 398 g/mol. The Bertz CT molecular complexity index is 1050. The van der Waals surface area contributed by atoms with Crippen molar-refractivity contribution in [1.82, 2.24) is 14.5 Å². The Kier molecular flexibility index (Phi) is 5.63. The van der Waals surface area contributed by atoms with Crippen molar-refractivity contribution >= 4 is 23.6 Å². The van der Waals surface area contributed by atoms with Crippen LogP contribution in [0.15, 0.2) is 72.0 Å². The third kappa shape index (κ3) is 3.39. The Hall–Kier alpha value is -3.06. The number of carbonyl (C=O) groups excluding carboxylic acids is 2. The lowest BCUT2D eigenvalue weighted by atomic mass is 9.79. The van der Waals surface area contributed by atoms with E-state index < -0.39 is 5.41 Å². The number of likely N-dealkylation sites (tertiary alicyclic amines) is 1. The summed E-state index contributed by atoms with van der Waals surface area (Å²) < 4.78 is 7.01. The largest absolute Gasteiger partial charge is 0.468 e. The lowest BCUT2D eigenvalue weighted by Gasteiger charge is -2.27. The van der Waals surface area contributed by atoms with Crippen LogP contribution >= 0.6 is 11.8 Å². The fourth-order valence-corrected chi connectivity index (χ4v) is 4.62. The number of ether oxygens (including phenoxy) is 1. The van der Waals surface area contributed by atoms with Gasteiger partial charge in [0.2, 0.25) is 0 Å². The van der Waals surface area contributed by atoms with Gasteiger partial charge in [-0.25, -0.2) is 4.98 Å². The maximum atomic E-state index is 13.5. The number of carbonyl (C=O) groups is 2. The third-order valence-electron chi connectivity index (χ3n) is 5.60. The number of thioether (sulfide) groups is 1. The van der Waals surface area contributed by atoms with Crippen molar-refractivity contribution in [1.29, 1.82) is 0 Å². The molecule has 7 heteroatoms. The number of esters is 1. The van der Waals surface area contributed by atoms with Crippen LogP contribution in [0.4, 0.5) is 0 Å². The topological polar surface area (TPSA) is 64.4 Å². The molecule has 3 aromatic rings. The van der Waals surface area contributed by atoms with Gasteiger partial charge in [0.15, 0.2) is 5.16 Å². The summed E-state index contributed by atoms with van der Waals surface area (Å²) >= 11 is 1.48. The fraction of sp³-hybridized carbons (Fsp3) is 0.261. The van der Waals surface area contributed by atoms with Crippen molar-refractivity contribution in [3.63, 3.8) is 0 Å². The predicted molar refractivity (Wildman–Crippen MR) is 116 cm³/mol. The van der Waals surface area contributed by atoms with Crippen LogP contribution in [0, 0.1) is 0 Å². The number of para-hydroxylation sites is 1. The first-order valence-electron chi connectivity index (χ1n) is 9.71. The first-order chi connectivity index (χ1) is 14.6. The maximum absolute atomic E-state index is 13.5. The first-order valence-corrected chi connectivity index (χ1v) is 10.9. The molecule has 6 nitrogen and oxygen atoms in total. The van der Waals surface area contributed by atoms with Gasteiger partial charge in [0.1, 0.15) is 11.1 Å². The number of amides is 1. The summed E-state index contributed by atoms with van der Waals surface area (Å²) in [6, 6.07) is 19.3. The highest BCUT2D eigenvalue weighted by molar-refractivity contribution is 7.98. The molecule has 154 valence electrons. The molecule has 0 N–H and O–H groups in total. The highest BCUT2D eigenvalue weighted by atomic mass is 32.2. The minimum Gasteiger partial charge on any atom is -0.468 e. The van der Waals surface area contributed by atoms with E-state index in [0.29, 0.717) is 18.7 Å². The summed E-state index contributed by atoms with van der Waals surface area (Å²) in [5, 5.41) is 0.742. The Morgan fingerprint density at radius 1 is 1.07 bits per heavy atom. The average molecular weight is 422 g/mol. The molecule has 2 heterocycles. The van der Waals surface area contributed by atoms with Crippen LogP contribution in [0.1, 0.15) is 22.5 Å². The molecule has 0 unspecified atom stereocenters. The minimum atomic E-state index is -0.856. The Morgan fingerprint density at radius 3 is 2.37 bits per heavy atom. The van der Waals surface area contributed by atoms with E-state index in [1.54, 1.807) is 11.1 Å². The number of hydrogen-bond donors (Lipinski definition) is 0. The first kappa shape index (κ1) is 20.2. The molecule has 0 spiro atoms. The zero-order valence-electron chi connectivity index (χ0n) is 16.9. The van der Waals surface area contributed by atoms with Crippen LogP contribution in [0.25, 0.3) is 5.69 Å². The molecule has 1 fully saturated rings. The molecule has 30 heavy (non-hydrogen) atoms. The van der Waals surface area contributed by atoms with Gasteiger partial charge in [-0.15, -0.1) is 0 Å². The number of methoxy groups -OCH3 is 1. The molecule has 1 aliphatic heterocycles. The number of imidazole rings is 1. The van der Waals surface area contributed by atoms with Crippen LogP contribution in [0.3, 0.4) is 0 Å². The highest BCUT2D eigenvalue weighted by Crippen LogP contribution is 2.37. The van der Waals surface area contributed by atoms with Gasteiger partial charge < -0.3 is 9.64 Å². The molecule has 0 saturated carbocycles. The van der Waals surface area contributed by atoms with Gasteiger partial charge in [-0.2, -0.15) is 0 Å². The van der Waals surface area contributed by atoms with Crippen LogP contribution in [-0.4, -0.2) is 52.8 Å². The van der Waals surface area contributed by atoms with Gasteiger partial charge in [-0.3, -0.25) is 14.2 Å². The Balaban J connectivity index is 1.69. The number of benzene rings is 2. The van der Waals surface area contributed by atoms with E-state index in [9.17, 15) is 9.59 Å². The number of aromatic nitrogens is 2. The Morgan fingerprint density at radius 2 is 1.73 bits per heavy atom. The van der Waals surface area contributed by atoms with Crippen LogP contribution < -0.4 is 0 Å². The highest BCUT2D eigenvalue weighted by Gasteiger charge is 2.48. The second-order valence-corrected chi connectivity index (χ2v) is 7.99. The van der Waals surface area contributed by atoms with Crippen molar-refractivity contribution in [3.05, 3.63) is 78.1 Å². The number of hydrogen-bond acceptors (Lipinski definition) is 5. The molecular formula is C23H23N3O3S. The summed E-state index contributed by atoms with van der Waals surface area (Å²) in [7, 11) is 1.40. The van der Waals surface area contributed by atoms with E-state index in [-0.39, 0.29) is 18.4 Å². The van der Waals surface area contributed by atoms with E-state index >= 15 is 0 Å². The summed E-state index contributed by atoms with van der Waals surface area (Å²) in [5.74, 6) is -0.460. The van der Waals surface area contributed by atoms with Gasteiger partial charge in [0.25, 0.3) is 5.91 Å². The molecule has 1 aliphatic rings. The summed E-state index contributed by atoms with van der Waals surface area (Å²) in [5.41, 5.74) is 1.38. The van der Waals surface area contributed by atoms with Crippen molar-refractivity contribution in [2.45, 2.75) is 17.0 Å². The monoisotopic (exact) mass is 421 g/mol. The molecule has 0 radical (unpaired) electrons. The Labute approximate surface area is 179 Å². The van der Waals surface area contributed by atoms with E-state index in [4.69, 9.17) is 4.74 Å². The number of rotatable bonds is 5. The van der Waals surface area contributed by atoms with Crippen molar-refractivity contribution < 1.29 is 14.3 Å². The van der Waals surface area contributed by atoms with E-state index in [1.807, 2.05) is 71.5 Å². The van der Waals surface area contributed by atoms with Crippen LogP contribution in [0.2, 0.25) is 0 Å². The molecule has 0 bridgehead atoms. The lowest BCUT2D eigenvalue weighted by molar-refractivity contribution is -0.147. The summed E-state index contributed by atoms with van der Waals surface area (Å²) in [4.78, 5) is 32.5. The van der Waals surface area contributed by atoms with Gasteiger partial charge >= 0.3 is 5.97 Å². The zero-order chi connectivity index (χ0) is 21.1. The van der Waals surface area contributed by atoms with Gasteiger partial charge in [0, 0.05) is 18.8 Å². The van der Waals surface area contributed by atoms with Crippen LogP contribution in [-0.2, 0) is 14.9 Å². The normalized spacial score (nSPS) is 18.4. The lowest BCUT2D eigenvalue weighted by Crippen LogP contribution is -2.41. The quantitative estimate of drug-likeness (QED) is 0.466. The van der Waals surface area contributed by atoms with Gasteiger partial charge in [0.05, 0.1) is 13.3 Å². The smallest absolute Gasteiger partial charge is 0.318 e. The van der Waals surface area contributed by atoms with Gasteiger partial charge in [-0.1, -0.05) is 60.3 Å². The SMILES string of the molecule is COC(=O)[C@]1(c2ccccc2)CCN(C(=O)c2cnc(SC)n2-c2ccccc2)C1. The standard InChI is InChI=1S/C23H23N3O3S/c1-29-21(28)23(17-9-5-3-6-10-17)13-14-25(16-23)20(27)19-15-24-22(30-2)26(19)18-11-7-4-8-12-18/h3-12,15H,13-14,16H2,1-2H3/t23-/m1/s1. The fourth-order valence-electron chi connectivity index (χ4n) is 4.07. The average Bonchev–Trinajstić information content (AvgIpc) is 3.45. The van der Waals surface area contributed by atoms with E-state index in [1.165, 1.54) is 18.9 Å². The molecule has 1 amide bonds. The van der Waals surface area contributed by atoms with Gasteiger partial charge in [-0.05, 0) is 30.4 Å². The van der Waals surface area contributed by atoms with Crippen molar-refractivity contribution in [3.8, 4) is 5.69 Å². The van der Waals surface area contributed by atoms with Crippen molar-refractivity contribution in [2.24, 2.45) is 0 Å². The molecule has 4 rings (SSSR count). The second-order valence-electron chi connectivity index (χ2n) is 7.22. The molecule has 2 aromatic carbocycles. The number of nitrogens with zero attached hydrogens (tertiary/aromatic N) is 3. The maximum Gasteiger partial charge on any atom is 0.318 e. The van der Waals surface area contributed by atoms with Crippen molar-refractivity contribution in [2.75, 3.05) is 26.5 Å².